The molecule has 0 spiro atoms. The number of aromatic nitrogens is 2. The lowest BCUT2D eigenvalue weighted by Crippen LogP contribution is -2.51. The summed E-state index contributed by atoms with van der Waals surface area (Å²) in [6.45, 7) is 3.41. The number of rotatable bonds is 6. The third kappa shape index (κ3) is 3.95. The Bertz CT molecular complexity index is 514. The molecule has 24 heavy (non-hydrogen) atoms. The number of carbonyl (C=O) groups is 1. The molecule has 2 aliphatic rings. The minimum atomic E-state index is -0.609. The van der Waals surface area contributed by atoms with Crippen molar-refractivity contribution in [2.45, 2.75) is 63.5 Å². The van der Waals surface area contributed by atoms with Crippen LogP contribution in [0.2, 0.25) is 0 Å². The standard InChI is InChI=1S/C17H27N3O4/c1-2-13-5-3-4-6-14(13)23-11-15(21)19-17(7-9-22-10-8-17)16-18-12-24-20-16/h12-14H,2-11H2,1H3,(H,19,21). The van der Waals surface area contributed by atoms with Gasteiger partial charge in [-0.1, -0.05) is 31.3 Å². The van der Waals surface area contributed by atoms with Gasteiger partial charge in [-0.25, -0.2) is 0 Å². The molecular formula is C17H27N3O4. The molecule has 1 saturated carbocycles. The molecule has 2 heterocycles. The third-order valence-electron chi connectivity index (χ3n) is 5.31. The summed E-state index contributed by atoms with van der Waals surface area (Å²) in [6.07, 6.45) is 8.59. The molecule has 2 atom stereocenters. The van der Waals surface area contributed by atoms with Gasteiger partial charge in [0.1, 0.15) is 12.1 Å². The SMILES string of the molecule is CCC1CCCCC1OCC(=O)NC1(c2ncon2)CCOCC1. The normalized spacial score (nSPS) is 26.9. The number of nitrogens with one attached hydrogen (secondary N) is 1. The zero-order valence-electron chi connectivity index (χ0n) is 14.3. The predicted molar refractivity (Wildman–Crippen MR) is 86.2 cm³/mol. The topological polar surface area (TPSA) is 86.5 Å². The Morgan fingerprint density at radius 1 is 1.38 bits per heavy atom. The van der Waals surface area contributed by atoms with Crippen LogP contribution in [0.1, 0.15) is 57.7 Å². The van der Waals surface area contributed by atoms with Crippen LogP contribution in [-0.2, 0) is 19.8 Å². The second-order valence-corrected chi connectivity index (χ2v) is 6.80. The first-order valence-corrected chi connectivity index (χ1v) is 9.01. The summed E-state index contributed by atoms with van der Waals surface area (Å²) >= 11 is 0. The van der Waals surface area contributed by atoms with E-state index in [1.165, 1.54) is 25.7 Å². The first-order chi connectivity index (χ1) is 11.7. The van der Waals surface area contributed by atoms with Gasteiger partial charge in [0.05, 0.1) is 6.10 Å². The monoisotopic (exact) mass is 337 g/mol. The summed E-state index contributed by atoms with van der Waals surface area (Å²) in [5.41, 5.74) is -0.609. The van der Waals surface area contributed by atoms with Crippen LogP contribution in [0, 0.1) is 5.92 Å². The molecule has 1 saturated heterocycles. The Labute approximate surface area is 142 Å². The first-order valence-electron chi connectivity index (χ1n) is 9.01. The number of ether oxygens (including phenoxy) is 2. The molecule has 1 aromatic rings. The van der Waals surface area contributed by atoms with Gasteiger partial charge in [-0.15, -0.1) is 0 Å². The van der Waals surface area contributed by atoms with Crippen molar-refractivity contribution in [3.05, 3.63) is 12.2 Å². The van der Waals surface area contributed by atoms with Crippen molar-refractivity contribution in [1.82, 2.24) is 15.5 Å². The van der Waals surface area contributed by atoms with Crippen LogP contribution in [0.3, 0.4) is 0 Å². The third-order valence-corrected chi connectivity index (χ3v) is 5.31. The van der Waals surface area contributed by atoms with Crippen LogP contribution >= 0.6 is 0 Å². The summed E-state index contributed by atoms with van der Waals surface area (Å²) in [6, 6.07) is 0. The lowest BCUT2D eigenvalue weighted by molar-refractivity contribution is -0.133. The van der Waals surface area contributed by atoms with E-state index in [1.54, 1.807) is 0 Å². The Kier molecular flexibility index (Phi) is 5.84. The molecule has 1 aliphatic heterocycles. The zero-order chi connectivity index (χ0) is 16.8. The maximum atomic E-state index is 12.5. The molecule has 2 fully saturated rings. The highest BCUT2D eigenvalue weighted by atomic mass is 16.5. The van der Waals surface area contributed by atoms with Crippen LogP contribution in [-0.4, -0.2) is 42.0 Å². The van der Waals surface area contributed by atoms with Gasteiger partial charge >= 0.3 is 0 Å². The number of carbonyl (C=O) groups excluding carboxylic acids is 1. The zero-order valence-corrected chi connectivity index (χ0v) is 14.3. The molecule has 0 radical (unpaired) electrons. The van der Waals surface area contributed by atoms with Gasteiger partial charge in [0.2, 0.25) is 12.3 Å². The molecular weight excluding hydrogens is 310 g/mol. The Morgan fingerprint density at radius 2 is 2.17 bits per heavy atom. The Morgan fingerprint density at radius 3 is 2.88 bits per heavy atom. The average molecular weight is 337 g/mol. The van der Waals surface area contributed by atoms with Crippen LogP contribution in [0.15, 0.2) is 10.9 Å². The summed E-state index contributed by atoms with van der Waals surface area (Å²) in [5, 5.41) is 7.02. The van der Waals surface area contributed by atoms with Gasteiger partial charge < -0.3 is 19.3 Å². The second-order valence-electron chi connectivity index (χ2n) is 6.80. The van der Waals surface area contributed by atoms with Crippen molar-refractivity contribution in [1.29, 1.82) is 0 Å². The fourth-order valence-corrected chi connectivity index (χ4v) is 3.85. The van der Waals surface area contributed by atoms with Crippen LogP contribution in [0.4, 0.5) is 0 Å². The van der Waals surface area contributed by atoms with Crippen molar-refractivity contribution in [2.75, 3.05) is 19.8 Å². The molecule has 1 amide bonds. The quantitative estimate of drug-likeness (QED) is 0.856. The van der Waals surface area contributed by atoms with Crippen molar-refractivity contribution >= 4 is 5.91 Å². The molecule has 1 aliphatic carbocycles. The lowest BCUT2D eigenvalue weighted by atomic mass is 9.85. The van der Waals surface area contributed by atoms with E-state index < -0.39 is 5.54 Å². The molecule has 0 aromatic carbocycles. The predicted octanol–water partition coefficient (Wildman–Crippen LogP) is 2.18. The van der Waals surface area contributed by atoms with E-state index in [4.69, 9.17) is 14.0 Å². The minimum absolute atomic E-state index is 0.0849. The van der Waals surface area contributed by atoms with E-state index in [-0.39, 0.29) is 18.6 Å². The van der Waals surface area contributed by atoms with E-state index in [2.05, 4.69) is 22.4 Å². The maximum absolute atomic E-state index is 12.5. The average Bonchev–Trinajstić information content (AvgIpc) is 3.16. The van der Waals surface area contributed by atoms with Crippen molar-refractivity contribution < 1.29 is 18.8 Å². The fourth-order valence-electron chi connectivity index (χ4n) is 3.85. The molecule has 0 bridgehead atoms. The highest BCUT2D eigenvalue weighted by Crippen LogP contribution is 2.31. The second kappa shape index (κ2) is 8.07. The van der Waals surface area contributed by atoms with Gasteiger partial charge in [-0.2, -0.15) is 4.98 Å². The summed E-state index contributed by atoms with van der Waals surface area (Å²) in [7, 11) is 0. The van der Waals surface area contributed by atoms with E-state index in [9.17, 15) is 4.79 Å². The molecule has 2 unspecified atom stereocenters. The molecule has 7 nitrogen and oxygen atoms in total. The van der Waals surface area contributed by atoms with E-state index in [0.717, 1.165) is 12.8 Å². The summed E-state index contributed by atoms with van der Waals surface area (Å²) < 4.78 is 16.2. The van der Waals surface area contributed by atoms with E-state index in [1.807, 2.05) is 0 Å². The highest BCUT2D eigenvalue weighted by Gasteiger charge is 2.40. The van der Waals surface area contributed by atoms with Crippen LogP contribution in [0.5, 0.6) is 0 Å². The van der Waals surface area contributed by atoms with Crippen molar-refractivity contribution in [2.24, 2.45) is 5.92 Å². The van der Waals surface area contributed by atoms with E-state index >= 15 is 0 Å². The van der Waals surface area contributed by atoms with Gasteiger partial charge in [0.25, 0.3) is 0 Å². The van der Waals surface area contributed by atoms with Gasteiger partial charge in [0.15, 0.2) is 5.82 Å². The number of nitrogens with zero attached hydrogens (tertiary/aromatic N) is 2. The van der Waals surface area contributed by atoms with Crippen molar-refractivity contribution in [3.8, 4) is 0 Å². The minimum Gasteiger partial charge on any atom is -0.381 e. The Hall–Kier alpha value is -1.47. The molecule has 1 N–H and O–H groups in total. The maximum Gasteiger partial charge on any atom is 0.246 e. The largest absolute Gasteiger partial charge is 0.381 e. The summed E-state index contributed by atoms with van der Waals surface area (Å²) in [4.78, 5) is 16.6. The fraction of sp³-hybridized carbons (Fsp3) is 0.824. The van der Waals surface area contributed by atoms with Gasteiger partial charge in [-0.3, -0.25) is 4.79 Å². The smallest absolute Gasteiger partial charge is 0.246 e. The lowest BCUT2D eigenvalue weighted by Gasteiger charge is -2.35. The highest BCUT2D eigenvalue weighted by molar-refractivity contribution is 5.78. The number of amides is 1. The number of hydrogen-bond donors (Lipinski definition) is 1. The number of hydrogen-bond acceptors (Lipinski definition) is 6. The molecule has 3 rings (SSSR count). The van der Waals surface area contributed by atoms with Gasteiger partial charge in [0, 0.05) is 26.1 Å². The molecule has 7 heteroatoms. The Balaban J connectivity index is 1.58. The first kappa shape index (κ1) is 17.4. The summed E-state index contributed by atoms with van der Waals surface area (Å²) in [5.74, 6) is 0.964. The van der Waals surface area contributed by atoms with Crippen molar-refractivity contribution in [3.63, 3.8) is 0 Å². The molecule has 134 valence electrons. The van der Waals surface area contributed by atoms with E-state index in [0.29, 0.717) is 37.8 Å². The van der Waals surface area contributed by atoms with Crippen LogP contribution in [0.25, 0.3) is 0 Å². The van der Waals surface area contributed by atoms with Gasteiger partial charge in [-0.05, 0) is 18.8 Å². The van der Waals surface area contributed by atoms with Crippen LogP contribution < -0.4 is 5.32 Å². The molecule has 1 aromatic heterocycles.